The smallest absolute Gasteiger partial charge is 0.114 e. The van der Waals surface area contributed by atoms with Gasteiger partial charge in [0, 0.05) is 36.5 Å². The summed E-state index contributed by atoms with van der Waals surface area (Å²) in [5.74, 6) is 0. The summed E-state index contributed by atoms with van der Waals surface area (Å²) >= 11 is 3.38. The highest BCUT2D eigenvalue weighted by Crippen LogP contribution is 2.20. The zero-order valence-corrected chi connectivity index (χ0v) is 13.9. The summed E-state index contributed by atoms with van der Waals surface area (Å²) in [5, 5.41) is 8.38. The van der Waals surface area contributed by atoms with E-state index in [4.69, 9.17) is 0 Å². The molecule has 0 amide bonds. The fourth-order valence-electron chi connectivity index (χ4n) is 1.99. The molecule has 0 aliphatic carbocycles. The molecule has 3 aromatic rings. The van der Waals surface area contributed by atoms with Crippen molar-refractivity contribution in [2.45, 2.75) is 6.54 Å². The first kappa shape index (κ1) is 14.6. The molecule has 0 unspecified atom stereocenters. The first-order chi connectivity index (χ1) is 10.6. The molecule has 0 spiro atoms. The van der Waals surface area contributed by atoms with Crippen LogP contribution in [-0.4, -0.2) is 39.1 Å². The molecule has 0 atom stereocenters. The van der Waals surface area contributed by atoms with E-state index in [9.17, 15) is 0 Å². The summed E-state index contributed by atoms with van der Waals surface area (Å²) in [4.78, 5) is 10.6. The molecule has 0 saturated heterocycles. The Balaban J connectivity index is 1.81. The number of halogens is 1. The van der Waals surface area contributed by atoms with Gasteiger partial charge in [0.25, 0.3) is 0 Å². The van der Waals surface area contributed by atoms with Crippen LogP contribution in [-0.2, 0) is 6.54 Å². The van der Waals surface area contributed by atoms with E-state index in [0.717, 1.165) is 27.1 Å². The number of hydrogen-bond donors (Lipinski definition) is 0. The Hall–Kier alpha value is -2.28. The summed E-state index contributed by atoms with van der Waals surface area (Å²) in [6.07, 6.45) is 7.29. The van der Waals surface area contributed by atoms with Gasteiger partial charge < -0.3 is 4.90 Å². The highest BCUT2D eigenvalue weighted by atomic mass is 79.9. The maximum Gasteiger partial charge on any atom is 0.114 e. The Morgan fingerprint density at radius 3 is 2.77 bits per heavy atom. The van der Waals surface area contributed by atoms with Crippen molar-refractivity contribution in [3.05, 3.63) is 53.2 Å². The van der Waals surface area contributed by atoms with Crippen molar-refractivity contribution in [3.8, 4) is 11.3 Å². The standard InChI is InChI=1S/C15H15BrN6/c1-21(2)14-5-11(6-17-8-14)15-10-22(20-19-15)9-13-4-3-12(16)7-18-13/h3-8,10H,9H2,1-2H3. The minimum atomic E-state index is 0.584. The average molecular weight is 359 g/mol. The van der Waals surface area contributed by atoms with E-state index >= 15 is 0 Å². The Morgan fingerprint density at radius 1 is 1.18 bits per heavy atom. The van der Waals surface area contributed by atoms with Crippen LogP contribution in [0.5, 0.6) is 0 Å². The van der Waals surface area contributed by atoms with Gasteiger partial charge in [0.1, 0.15) is 5.69 Å². The molecule has 3 heterocycles. The van der Waals surface area contributed by atoms with Crippen LogP contribution in [0.2, 0.25) is 0 Å². The monoisotopic (exact) mass is 358 g/mol. The van der Waals surface area contributed by atoms with Crippen LogP contribution < -0.4 is 4.90 Å². The topological polar surface area (TPSA) is 59.7 Å². The number of pyridine rings is 2. The molecule has 22 heavy (non-hydrogen) atoms. The van der Waals surface area contributed by atoms with Gasteiger partial charge in [-0.05, 0) is 34.1 Å². The van der Waals surface area contributed by atoms with E-state index in [1.54, 1.807) is 17.1 Å². The van der Waals surface area contributed by atoms with Crippen LogP contribution in [0.15, 0.2) is 47.5 Å². The maximum atomic E-state index is 4.34. The number of anilines is 1. The van der Waals surface area contributed by atoms with E-state index in [2.05, 4.69) is 36.2 Å². The fraction of sp³-hybridized carbons (Fsp3) is 0.200. The van der Waals surface area contributed by atoms with Crippen LogP contribution in [0.3, 0.4) is 0 Å². The highest BCUT2D eigenvalue weighted by molar-refractivity contribution is 9.10. The molecule has 3 rings (SSSR count). The third kappa shape index (κ3) is 3.30. The lowest BCUT2D eigenvalue weighted by Crippen LogP contribution is -2.08. The third-order valence-electron chi connectivity index (χ3n) is 3.19. The largest absolute Gasteiger partial charge is 0.376 e. The molecule has 0 aliphatic heterocycles. The van der Waals surface area contributed by atoms with Gasteiger partial charge in [-0.25, -0.2) is 4.68 Å². The van der Waals surface area contributed by atoms with Gasteiger partial charge in [-0.1, -0.05) is 5.21 Å². The lowest BCUT2D eigenvalue weighted by molar-refractivity contribution is 0.638. The van der Waals surface area contributed by atoms with Crippen LogP contribution in [0, 0.1) is 0 Å². The van der Waals surface area contributed by atoms with E-state index < -0.39 is 0 Å². The van der Waals surface area contributed by atoms with Gasteiger partial charge in [-0.15, -0.1) is 5.10 Å². The van der Waals surface area contributed by atoms with Gasteiger partial charge in [0.15, 0.2) is 0 Å². The predicted molar refractivity (Wildman–Crippen MR) is 88.6 cm³/mol. The minimum Gasteiger partial charge on any atom is -0.376 e. The Kier molecular flexibility index (Phi) is 4.15. The molecule has 0 bridgehead atoms. The van der Waals surface area contributed by atoms with Gasteiger partial charge in [0.2, 0.25) is 0 Å². The molecule has 0 aliphatic rings. The molecule has 0 N–H and O–H groups in total. The zero-order chi connectivity index (χ0) is 15.5. The molecule has 0 fully saturated rings. The zero-order valence-electron chi connectivity index (χ0n) is 12.3. The summed E-state index contributed by atoms with van der Waals surface area (Å²) in [5.41, 5.74) is 3.70. The molecule has 7 heteroatoms. The fourth-order valence-corrected chi connectivity index (χ4v) is 2.22. The number of nitrogens with zero attached hydrogens (tertiary/aromatic N) is 6. The van der Waals surface area contributed by atoms with Crippen molar-refractivity contribution in [3.63, 3.8) is 0 Å². The Morgan fingerprint density at radius 2 is 2.05 bits per heavy atom. The molecular formula is C15H15BrN6. The second kappa shape index (κ2) is 6.23. The minimum absolute atomic E-state index is 0.584. The highest BCUT2D eigenvalue weighted by Gasteiger charge is 2.07. The SMILES string of the molecule is CN(C)c1cncc(-c2cn(Cc3ccc(Br)cn3)nn2)c1. The van der Waals surface area contributed by atoms with Crippen molar-refractivity contribution in [1.82, 2.24) is 25.0 Å². The van der Waals surface area contributed by atoms with Gasteiger partial charge >= 0.3 is 0 Å². The van der Waals surface area contributed by atoms with Gasteiger partial charge in [-0.3, -0.25) is 9.97 Å². The second-order valence-electron chi connectivity index (χ2n) is 5.10. The van der Waals surface area contributed by atoms with Gasteiger partial charge in [-0.2, -0.15) is 0 Å². The van der Waals surface area contributed by atoms with E-state index in [0.29, 0.717) is 6.54 Å². The first-order valence-corrected chi connectivity index (χ1v) is 7.54. The average Bonchev–Trinajstić information content (AvgIpc) is 2.98. The number of rotatable bonds is 4. The van der Waals surface area contributed by atoms with E-state index in [-0.39, 0.29) is 0 Å². The summed E-state index contributed by atoms with van der Waals surface area (Å²) in [6.45, 7) is 0.584. The van der Waals surface area contributed by atoms with Gasteiger partial charge in [0.05, 0.1) is 30.3 Å². The number of hydrogen-bond acceptors (Lipinski definition) is 5. The molecular weight excluding hydrogens is 344 g/mol. The van der Waals surface area contributed by atoms with Crippen molar-refractivity contribution in [2.24, 2.45) is 0 Å². The molecule has 0 saturated carbocycles. The second-order valence-corrected chi connectivity index (χ2v) is 6.01. The van der Waals surface area contributed by atoms with Crippen molar-refractivity contribution >= 4 is 21.6 Å². The normalized spacial score (nSPS) is 10.7. The Labute approximate surface area is 137 Å². The molecule has 0 radical (unpaired) electrons. The van der Waals surface area contributed by atoms with Crippen LogP contribution >= 0.6 is 15.9 Å². The summed E-state index contributed by atoms with van der Waals surface area (Å²) in [6, 6.07) is 5.96. The summed E-state index contributed by atoms with van der Waals surface area (Å²) < 4.78 is 2.73. The maximum absolute atomic E-state index is 4.34. The third-order valence-corrected chi connectivity index (χ3v) is 3.66. The number of aromatic nitrogens is 5. The van der Waals surface area contributed by atoms with Crippen molar-refractivity contribution < 1.29 is 0 Å². The lowest BCUT2D eigenvalue weighted by Gasteiger charge is -2.11. The summed E-state index contributed by atoms with van der Waals surface area (Å²) in [7, 11) is 3.97. The van der Waals surface area contributed by atoms with E-state index in [1.165, 1.54) is 0 Å². The van der Waals surface area contributed by atoms with Crippen LogP contribution in [0.1, 0.15) is 5.69 Å². The molecule has 3 aromatic heterocycles. The van der Waals surface area contributed by atoms with Crippen molar-refractivity contribution in [1.29, 1.82) is 0 Å². The van der Waals surface area contributed by atoms with Crippen LogP contribution in [0.25, 0.3) is 11.3 Å². The quantitative estimate of drug-likeness (QED) is 0.717. The first-order valence-electron chi connectivity index (χ1n) is 6.75. The molecule has 0 aromatic carbocycles. The molecule has 112 valence electrons. The van der Waals surface area contributed by atoms with E-state index in [1.807, 2.05) is 49.6 Å². The van der Waals surface area contributed by atoms with Crippen molar-refractivity contribution in [2.75, 3.05) is 19.0 Å². The molecule has 6 nitrogen and oxygen atoms in total. The predicted octanol–water partition coefficient (Wildman–Crippen LogP) is 2.61. The lowest BCUT2D eigenvalue weighted by atomic mass is 10.2. The van der Waals surface area contributed by atoms with Crippen LogP contribution in [0.4, 0.5) is 5.69 Å². The Bertz CT molecular complexity index is 766.